The third-order valence-electron chi connectivity index (χ3n) is 3.95. The van der Waals surface area contributed by atoms with Crippen LogP contribution in [0.1, 0.15) is 5.56 Å². The van der Waals surface area contributed by atoms with Crippen LogP contribution in [0.4, 0.5) is 17.6 Å². The maximum absolute atomic E-state index is 6.06. The van der Waals surface area contributed by atoms with Crippen molar-refractivity contribution in [2.45, 2.75) is 11.8 Å². The Kier molecular flexibility index (Phi) is 4.44. The van der Waals surface area contributed by atoms with Crippen molar-refractivity contribution in [1.82, 2.24) is 14.2 Å². The number of nitrogen functional groups attached to an aromatic ring is 1. The zero-order valence-corrected chi connectivity index (χ0v) is 15.6. The molecule has 0 unspecified atom stereocenters. The van der Waals surface area contributed by atoms with E-state index in [-0.39, 0.29) is 0 Å². The van der Waals surface area contributed by atoms with Gasteiger partial charge in [-0.2, -0.15) is 9.07 Å². The lowest BCUT2D eigenvalue weighted by atomic mass is 10.1. The molecule has 1 aromatic heterocycles. The van der Waals surface area contributed by atoms with Crippen molar-refractivity contribution in [3.8, 4) is 0 Å². The largest absolute Gasteiger partial charge is 0.367 e. The number of hydrogen-bond donors (Lipinski definition) is 2. The van der Waals surface area contributed by atoms with Gasteiger partial charge in [-0.3, -0.25) is 0 Å². The van der Waals surface area contributed by atoms with Crippen molar-refractivity contribution in [3.05, 3.63) is 71.2 Å². The minimum absolute atomic E-state index is 0.330. The molecule has 0 atom stereocenters. The SMILES string of the molecule is Cc1cc(Nc2nc(N)n(Sc3cccc4ccccc34)n2)ccc1Cl. The summed E-state index contributed by atoms with van der Waals surface area (Å²) in [5, 5.41) is 10.7. The molecule has 0 bridgehead atoms. The van der Waals surface area contributed by atoms with Crippen molar-refractivity contribution < 1.29 is 0 Å². The maximum atomic E-state index is 6.06. The molecule has 0 fully saturated rings. The van der Waals surface area contributed by atoms with Gasteiger partial charge in [-0.15, -0.1) is 5.10 Å². The molecule has 1 heterocycles. The van der Waals surface area contributed by atoms with Crippen LogP contribution in [0.3, 0.4) is 0 Å². The normalized spacial score (nSPS) is 11.0. The van der Waals surface area contributed by atoms with E-state index in [4.69, 9.17) is 17.3 Å². The first-order chi connectivity index (χ1) is 12.6. The highest BCUT2D eigenvalue weighted by atomic mass is 35.5. The van der Waals surface area contributed by atoms with Crippen molar-refractivity contribution in [1.29, 1.82) is 0 Å². The molecule has 0 radical (unpaired) electrons. The van der Waals surface area contributed by atoms with Gasteiger partial charge in [0.15, 0.2) is 0 Å². The Labute approximate surface area is 160 Å². The molecule has 3 aromatic carbocycles. The lowest BCUT2D eigenvalue weighted by molar-refractivity contribution is 1.02. The molecule has 4 rings (SSSR count). The number of halogens is 1. The Bertz CT molecular complexity index is 1090. The van der Waals surface area contributed by atoms with Gasteiger partial charge in [0.2, 0.25) is 11.9 Å². The van der Waals surface area contributed by atoms with Gasteiger partial charge in [0, 0.05) is 27.6 Å². The fourth-order valence-corrected chi connectivity index (χ4v) is 3.63. The summed E-state index contributed by atoms with van der Waals surface area (Å²) in [7, 11) is 0. The number of nitrogens with two attached hydrogens (primary N) is 1. The van der Waals surface area contributed by atoms with E-state index < -0.39 is 0 Å². The van der Waals surface area contributed by atoms with Gasteiger partial charge in [0.05, 0.1) is 0 Å². The molecule has 0 aliphatic heterocycles. The molecular formula is C19H16ClN5S. The molecule has 130 valence electrons. The number of anilines is 3. The van der Waals surface area contributed by atoms with E-state index in [9.17, 15) is 0 Å². The van der Waals surface area contributed by atoms with Crippen LogP contribution in [0.5, 0.6) is 0 Å². The van der Waals surface area contributed by atoms with Crippen LogP contribution in [0.2, 0.25) is 5.02 Å². The fraction of sp³-hybridized carbons (Fsp3) is 0.0526. The van der Waals surface area contributed by atoms with E-state index in [0.717, 1.165) is 26.6 Å². The van der Waals surface area contributed by atoms with Crippen LogP contribution >= 0.6 is 23.5 Å². The second-order valence-electron chi connectivity index (χ2n) is 5.82. The predicted octanol–water partition coefficient (Wildman–Crippen LogP) is 5.27. The molecule has 0 aliphatic rings. The number of hydrogen-bond acceptors (Lipinski definition) is 5. The lowest BCUT2D eigenvalue weighted by Gasteiger charge is -2.06. The zero-order chi connectivity index (χ0) is 18.1. The first kappa shape index (κ1) is 16.8. The Hall–Kier alpha value is -2.70. The highest BCUT2D eigenvalue weighted by molar-refractivity contribution is 7.98. The first-order valence-electron chi connectivity index (χ1n) is 8.02. The van der Waals surface area contributed by atoms with E-state index in [2.05, 4.69) is 33.6 Å². The molecule has 3 N–H and O–H groups in total. The molecule has 0 spiro atoms. The summed E-state index contributed by atoms with van der Waals surface area (Å²) in [5.41, 5.74) is 7.89. The quantitative estimate of drug-likeness (QED) is 0.503. The standard InChI is InChI=1S/C19H16ClN5S/c1-12-11-14(9-10-16(12)20)22-19-23-18(21)25(24-19)26-17-8-4-6-13-5-2-3-7-15(13)17/h2-11H,1H3,(H3,21,22,23,24). The van der Waals surface area contributed by atoms with Crippen molar-refractivity contribution in [2.75, 3.05) is 11.1 Å². The molecule has 0 amide bonds. The number of nitrogens with one attached hydrogen (secondary N) is 1. The Morgan fingerprint density at radius 3 is 2.73 bits per heavy atom. The van der Waals surface area contributed by atoms with E-state index in [1.54, 1.807) is 4.09 Å². The monoisotopic (exact) mass is 381 g/mol. The third-order valence-corrected chi connectivity index (χ3v) is 5.37. The lowest BCUT2D eigenvalue weighted by Crippen LogP contribution is -1.97. The van der Waals surface area contributed by atoms with Gasteiger partial charge in [-0.25, -0.2) is 0 Å². The number of fused-ring (bicyclic) bond motifs is 1. The van der Waals surface area contributed by atoms with Gasteiger partial charge in [-0.1, -0.05) is 48.0 Å². The second kappa shape index (κ2) is 6.90. The van der Waals surface area contributed by atoms with Crippen molar-refractivity contribution in [3.63, 3.8) is 0 Å². The van der Waals surface area contributed by atoms with E-state index in [1.807, 2.05) is 49.4 Å². The Balaban J connectivity index is 1.61. The van der Waals surface area contributed by atoms with Gasteiger partial charge in [0.25, 0.3) is 0 Å². The minimum atomic E-state index is 0.330. The van der Waals surface area contributed by atoms with Crippen molar-refractivity contribution in [2.24, 2.45) is 0 Å². The van der Waals surface area contributed by atoms with Gasteiger partial charge < -0.3 is 11.1 Å². The van der Waals surface area contributed by atoms with Gasteiger partial charge in [-0.05, 0) is 47.5 Å². The van der Waals surface area contributed by atoms with Crippen LogP contribution < -0.4 is 11.1 Å². The number of benzene rings is 3. The zero-order valence-electron chi connectivity index (χ0n) is 14.0. The number of rotatable bonds is 4. The summed E-state index contributed by atoms with van der Waals surface area (Å²) in [6, 6.07) is 20.0. The summed E-state index contributed by atoms with van der Waals surface area (Å²) in [6.07, 6.45) is 0. The van der Waals surface area contributed by atoms with Crippen LogP contribution in [-0.4, -0.2) is 14.2 Å². The Morgan fingerprint density at radius 2 is 1.88 bits per heavy atom. The average Bonchev–Trinajstić information content (AvgIpc) is 2.98. The molecule has 0 saturated heterocycles. The fourth-order valence-electron chi connectivity index (χ4n) is 2.65. The molecule has 7 heteroatoms. The van der Waals surface area contributed by atoms with Crippen LogP contribution in [-0.2, 0) is 0 Å². The summed E-state index contributed by atoms with van der Waals surface area (Å²) in [6.45, 7) is 1.95. The molecule has 0 aliphatic carbocycles. The number of aryl methyl sites for hydroxylation is 1. The Morgan fingerprint density at radius 1 is 1.08 bits per heavy atom. The summed E-state index contributed by atoms with van der Waals surface area (Å²) in [4.78, 5) is 5.36. The van der Waals surface area contributed by atoms with E-state index >= 15 is 0 Å². The molecule has 0 saturated carbocycles. The molecule has 5 nitrogen and oxygen atoms in total. The number of nitrogens with zero attached hydrogens (tertiary/aromatic N) is 3. The van der Waals surface area contributed by atoms with Crippen molar-refractivity contribution >= 4 is 51.9 Å². The number of aromatic nitrogens is 3. The second-order valence-corrected chi connectivity index (χ2v) is 7.20. The predicted molar refractivity (Wildman–Crippen MR) is 109 cm³/mol. The summed E-state index contributed by atoms with van der Waals surface area (Å²) >= 11 is 7.50. The van der Waals surface area contributed by atoms with Gasteiger partial charge >= 0.3 is 0 Å². The van der Waals surface area contributed by atoms with E-state index in [1.165, 1.54) is 17.3 Å². The summed E-state index contributed by atoms with van der Waals surface area (Å²) < 4.78 is 1.62. The van der Waals surface area contributed by atoms with Gasteiger partial charge in [0.1, 0.15) is 0 Å². The third kappa shape index (κ3) is 3.34. The molecular weight excluding hydrogens is 366 g/mol. The summed E-state index contributed by atoms with van der Waals surface area (Å²) in [5.74, 6) is 0.771. The highest BCUT2D eigenvalue weighted by Crippen LogP contribution is 2.30. The smallest absolute Gasteiger partial charge is 0.249 e. The van der Waals surface area contributed by atoms with Crippen LogP contribution in [0.25, 0.3) is 10.8 Å². The molecule has 26 heavy (non-hydrogen) atoms. The maximum Gasteiger partial charge on any atom is 0.249 e. The topological polar surface area (TPSA) is 68.8 Å². The highest BCUT2D eigenvalue weighted by Gasteiger charge is 2.11. The molecule has 4 aromatic rings. The first-order valence-corrected chi connectivity index (χ1v) is 9.17. The van der Waals surface area contributed by atoms with E-state index in [0.29, 0.717) is 11.9 Å². The van der Waals surface area contributed by atoms with Crippen LogP contribution in [0.15, 0.2) is 65.6 Å². The minimum Gasteiger partial charge on any atom is -0.367 e. The average molecular weight is 382 g/mol. The van der Waals surface area contributed by atoms with Crippen LogP contribution in [0, 0.1) is 6.92 Å².